The molecule has 0 amide bonds. The van der Waals surface area contributed by atoms with Gasteiger partial charge < -0.3 is 4.57 Å². The van der Waals surface area contributed by atoms with Crippen LogP contribution in [0.2, 0.25) is 0 Å². The third kappa shape index (κ3) is 4.65. The lowest BCUT2D eigenvalue weighted by Gasteiger charge is -2.11. The molecule has 0 atom stereocenters. The van der Waals surface area contributed by atoms with Gasteiger partial charge in [0.15, 0.2) is 5.82 Å². The van der Waals surface area contributed by atoms with E-state index in [0.29, 0.717) is 0 Å². The van der Waals surface area contributed by atoms with E-state index in [1.54, 1.807) is 0 Å². The highest BCUT2D eigenvalue weighted by Gasteiger charge is 2.19. The first kappa shape index (κ1) is 28.6. The Balaban J connectivity index is 1.18. The topological polar surface area (TPSA) is 30.7 Å². The van der Waals surface area contributed by atoms with E-state index in [4.69, 9.17) is 9.97 Å². The Morgan fingerprint density at radius 2 is 1.06 bits per heavy atom. The molecule has 3 nitrogen and oxygen atoms in total. The zero-order valence-corrected chi connectivity index (χ0v) is 27.8. The first-order chi connectivity index (χ1) is 24.8. The van der Waals surface area contributed by atoms with Gasteiger partial charge in [0.2, 0.25) is 0 Å². The fourth-order valence-corrected chi connectivity index (χ4v) is 8.61. The van der Waals surface area contributed by atoms with Crippen LogP contribution in [0.5, 0.6) is 0 Å². The molecule has 0 bridgehead atoms. The van der Waals surface area contributed by atoms with Crippen molar-refractivity contribution in [1.82, 2.24) is 14.5 Å². The van der Waals surface area contributed by atoms with Crippen molar-refractivity contribution in [2.24, 2.45) is 0 Å². The standard InChI is InChI=1S/C46H29N3S/c1-4-14-30(15-5-1)39-29-40(48-46(47-39)31-16-6-2-7-17-31)36-22-13-25-43-44(36)37-23-12-21-34(45(37)50-43)32-26-27-42-38(28-32)35-20-10-11-24-41(35)49(42)33-18-8-3-9-19-33/h1-29H. The van der Waals surface area contributed by atoms with Gasteiger partial charge in [-0.3, -0.25) is 0 Å². The average Bonchev–Trinajstić information content (AvgIpc) is 3.74. The summed E-state index contributed by atoms with van der Waals surface area (Å²) in [5, 5.41) is 4.98. The van der Waals surface area contributed by atoms with E-state index < -0.39 is 0 Å². The smallest absolute Gasteiger partial charge is 0.160 e. The molecule has 3 aromatic heterocycles. The second-order valence-corrected chi connectivity index (χ2v) is 13.6. The van der Waals surface area contributed by atoms with Crippen LogP contribution in [0.4, 0.5) is 0 Å². The Bertz CT molecular complexity index is 2800. The van der Waals surface area contributed by atoms with Crippen LogP contribution < -0.4 is 0 Å². The third-order valence-corrected chi connectivity index (χ3v) is 10.8. The quantitative estimate of drug-likeness (QED) is 0.185. The predicted octanol–water partition coefficient (Wildman–Crippen LogP) is 12.6. The minimum atomic E-state index is 0.724. The Labute approximate surface area is 293 Å². The normalized spacial score (nSPS) is 11.6. The van der Waals surface area contributed by atoms with Crippen LogP contribution in [0.3, 0.4) is 0 Å². The molecule has 0 fully saturated rings. The van der Waals surface area contributed by atoms with Crippen LogP contribution in [0.25, 0.3) is 92.7 Å². The monoisotopic (exact) mass is 655 g/mol. The molecule has 234 valence electrons. The lowest BCUT2D eigenvalue weighted by atomic mass is 9.98. The summed E-state index contributed by atoms with van der Waals surface area (Å²) in [6.45, 7) is 0. The maximum atomic E-state index is 5.20. The zero-order chi connectivity index (χ0) is 33.0. The van der Waals surface area contributed by atoms with Crippen molar-refractivity contribution in [3.63, 3.8) is 0 Å². The van der Waals surface area contributed by atoms with Gasteiger partial charge in [-0.1, -0.05) is 133 Å². The summed E-state index contributed by atoms with van der Waals surface area (Å²) >= 11 is 1.86. The number of nitrogens with zero attached hydrogens (tertiary/aromatic N) is 3. The molecule has 0 radical (unpaired) electrons. The number of hydrogen-bond acceptors (Lipinski definition) is 3. The number of aromatic nitrogens is 3. The Hall–Kier alpha value is -6.36. The number of thiophene rings is 1. The Morgan fingerprint density at radius 1 is 0.420 bits per heavy atom. The maximum Gasteiger partial charge on any atom is 0.160 e. The molecule has 0 spiro atoms. The lowest BCUT2D eigenvalue weighted by molar-refractivity contribution is 1.18. The van der Waals surface area contributed by atoms with Gasteiger partial charge in [-0.25, -0.2) is 9.97 Å². The molecule has 10 rings (SSSR count). The minimum absolute atomic E-state index is 0.724. The van der Waals surface area contributed by atoms with E-state index >= 15 is 0 Å². The van der Waals surface area contributed by atoms with Crippen molar-refractivity contribution in [2.45, 2.75) is 0 Å². The van der Waals surface area contributed by atoms with Crippen LogP contribution in [-0.2, 0) is 0 Å². The minimum Gasteiger partial charge on any atom is -0.309 e. The molecule has 50 heavy (non-hydrogen) atoms. The van der Waals surface area contributed by atoms with Crippen LogP contribution in [0.1, 0.15) is 0 Å². The van der Waals surface area contributed by atoms with Crippen molar-refractivity contribution in [2.75, 3.05) is 0 Å². The summed E-state index contributed by atoms with van der Waals surface area (Å²) in [7, 11) is 0. The van der Waals surface area contributed by atoms with Gasteiger partial charge in [0, 0.05) is 53.3 Å². The van der Waals surface area contributed by atoms with Crippen molar-refractivity contribution < 1.29 is 0 Å². The molecule has 7 aromatic carbocycles. The maximum absolute atomic E-state index is 5.20. The summed E-state index contributed by atoms with van der Waals surface area (Å²) in [4.78, 5) is 10.2. The summed E-state index contributed by atoms with van der Waals surface area (Å²) < 4.78 is 4.89. The van der Waals surface area contributed by atoms with Crippen molar-refractivity contribution in [3.05, 3.63) is 176 Å². The number of hydrogen-bond donors (Lipinski definition) is 0. The highest BCUT2D eigenvalue weighted by molar-refractivity contribution is 7.26. The molecule has 0 saturated heterocycles. The fourth-order valence-electron chi connectivity index (χ4n) is 7.34. The molecule has 0 aliphatic heterocycles. The largest absolute Gasteiger partial charge is 0.309 e. The van der Waals surface area contributed by atoms with Crippen molar-refractivity contribution >= 4 is 53.3 Å². The third-order valence-electron chi connectivity index (χ3n) is 9.62. The van der Waals surface area contributed by atoms with Crippen LogP contribution in [0.15, 0.2) is 176 Å². The average molecular weight is 656 g/mol. The van der Waals surface area contributed by atoms with Crippen molar-refractivity contribution in [1.29, 1.82) is 0 Å². The van der Waals surface area contributed by atoms with E-state index in [1.165, 1.54) is 58.8 Å². The van der Waals surface area contributed by atoms with Gasteiger partial charge in [0.05, 0.1) is 22.4 Å². The lowest BCUT2D eigenvalue weighted by Crippen LogP contribution is -1.96. The molecule has 10 aromatic rings. The summed E-state index contributed by atoms with van der Waals surface area (Å²) in [6.07, 6.45) is 0. The Morgan fingerprint density at radius 3 is 1.88 bits per heavy atom. The molecule has 4 heteroatoms. The first-order valence-corrected chi connectivity index (χ1v) is 17.7. The number of para-hydroxylation sites is 2. The van der Waals surface area contributed by atoms with E-state index in [2.05, 4.69) is 156 Å². The first-order valence-electron chi connectivity index (χ1n) is 16.8. The van der Waals surface area contributed by atoms with Crippen LogP contribution >= 0.6 is 11.3 Å². The fraction of sp³-hybridized carbons (Fsp3) is 0. The van der Waals surface area contributed by atoms with E-state index in [0.717, 1.165) is 33.9 Å². The Kier molecular flexibility index (Phi) is 6.68. The zero-order valence-electron chi connectivity index (χ0n) is 27.0. The SMILES string of the molecule is c1ccc(-c2cc(-c3cccc4sc5c(-c6ccc7c(c6)c6ccccc6n7-c6ccccc6)cccc5c34)nc(-c3ccccc3)n2)cc1. The van der Waals surface area contributed by atoms with Gasteiger partial charge in [-0.2, -0.15) is 0 Å². The van der Waals surface area contributed by atoms with Gasteiger partial charge in [0.1, 0.15) is 0 Å². The highest BCUT2D eigenvalue weighted by atomic mass is 32.1. The van der Waals surface area contributed by atoms with Crippen molar-refractivity contribution in [3.8, 4) is 50.7 Å². The molecule has 0 aliphatic rings. The molecule has 3 heterocycles. The van der Waals surface area contributed by atoms with Crippen LogP contribution in [-0.4, -0.2) is 14.5 Å². The molecule has 0 saturated carbocycles. The molecule has 0 unspecified atom stereocenters. The number of rotatable bonds is 5. The predicted molar refractivity (Wildman–Crippen MR) is 211 cm³/mol. The van der Waals surface area contributed by atoms with E-state index in [-0.39, 0.29) is 0 Å². The summed E-state index contributed by atoms with van der Waals surface area (Å²) in [5.74, 6) is 0.724. The molecule has 0 aliphatic carbocycles. The highest BCUT2D eigenvalue weighted by Crippen LogP contribution is 2.45. The van der Waals surface area contributed by atoms with Crippen LogP contribution in [0, 0.1) is 0 Å². The summed E-state index contributed by atoms with van der Waals surface area (Å²) in [5.41, 5.74) is 11.1. The number of benzene rings is 7. The van der Waals surface area contributed by atoms with E-state index in [1.807, 2.05) is 35.6 Å². The second-order valence-electron chi connectivity index (χ2n) is 12.6. The second kappa shape index (κ2) is 11.7. The molecular formula is C46H29N3S. The molecule has 0 N–H and O–H groups in total. The summed E-state index contributed by atoms with van der Waals surface area (Å²) in [6, 6.07) is 62.4. The van der Waals surface area contributed by atoms with Gasteiger partial charge in [-0.15, -0.1) is 11.3 Å². The van der Waals surface area contributed by atoms with E-state index in [9.17, 15) is 0 Å². The van der Waals surface area contributed by atoms with Gasteiger partial charge >= 0.3 is 0 Å². The number of fused-ring (bicyclic) bond motifs is 6. The van der Waals surface area contributed by atoms with Gasteiger partial charge in [0.25, 0.3) is 0 Å². The molecular weight excluding hydrogens is 627 g/mol. The van der Waals surface area contributed by atoms with Gasteiger partial charge in [-0.05, 0) is 53.6 Å².